The third-order valence-corrected chi connectivity index (χ3v) is 7.72. The van der Waals surface area contributed by atoms with Gasteiger partial charge < -0.3 is 28.8 Å². The Morgan fingerprint density at radius 3 is 2.08 bits per heavy atom. The van der Waals surface area contributed by atoms with Crippen LogP contribution in [0.15, 0.2) is 12.2 Å². The normalized spacial score (nSPS) is 15.4. The zero-order chi connectivity index (χ0) is 29.4. The summed E-state index contributed by atoms with van der Waals surface area (Å²) in [4.78, 5) is 24.9. The summed E-state index contributed by atoms with van der Waals surface area (Å²) in [6.07, 6.45) is 20.9. The van der Waals surface area contributed by atoms with Gasteiger partial charge in [-0.1, -0.05) is 96.6 Å². The van der Waals surface area contributed by atoms with E-state index in [9.17, 15) is 19.4 Å². The van der Waals surface area contributed by atoms with Gasteiger partial charge in [-0.15, -0.1) is 0 Å². The van der Waals surface area contributed by atoms with Crippen molar-refractivity contribution in [3.8, 4) is 0 Å². The molecule has 0 saturated heterocycles. The lowest BCUT2D eigenvalue weighted by atomic mass is 10.0. The van der Waals surface area contributed by atoms with E-state index >= 15 is 0 Å². The number of phosphoric acid groups is 1. The third kappa shape index (κ3) is 25.9. The molecule has 0 bridgehead atoms. The van der Waals surface area contributed by atoms with E-state index in [4.69, 9.17) is 9.05 Å². The molecule has 39 heavy (non-hydrogen) atoms. The highest BCUT2D eigenvalue weighted by Crippen LogP contribution is 2.38. The number of hydrogen-bond acceptors (Lipinski definition) is 6. The maximum absolute atomic E-state index is 12.6. The average Bonchev–Trinajstić information content (AvgIpc) is 2.86. The lowest BCUT2D eigenvalue weighted by Crippen LogP contribution is -2.46. The van der Waals surface area contributed by atoms with Crippen LogP contribution in [0.2, 0.25) is 0 Å². The van der Waals surface area contributed by atoms with Crippen LogP contribution in [0, 0.1) is 0 Å². The highest BCUT2D eigenvalue weighted by atomic mass is 31.2. The zero-order valence-electron chi connectivity index (χ0n) is 25.8. The summed E-state index contributed by atoms with van der Waals surface area (Å²) >= 11 is 0. The van der Waals surface area contributed by atoms with Crippen molar-refractivity contribution in [2.75, 3.05) is 40.9 Å². The summed E-state index contributed by atoms with van der Waals surface area (Å²) in [6, 6.07) is -0.795. The molecule has 8 nitrogen and oxygen atoms in total. The lowest BCUT2D eigenvalue weighted by Gasteiger charge is -2.30. The maximum atomic E-state index is 12.6. The van der Waals surface area contributed by atoms with Gasteiger partial charge in [0.05, 0.1) is 39.9 Å². The SMILES string of the molecule is CCCC/C=C\CCCCCCCC(=O)NC(COP(=O)([O-])OCC[N+](C)(C)C)C(O)CCCCCCCC. The van der Waals surface area contributed by atoms with Gasteiger partial charge in [0.15, 0.2) is 0 Å². The van der Waals surface area contributed by atoms with Crippen molar-refractivity contribution < 1.29 is 32.9 Å². The molecule has 0 aliphatic heterocycles. The second-order valence-corrected chi connectivity index (χ2v) is 13.2. The number of nitrogens with one attached hydrogen (secondary N) is 1. The van der Waals surface area contributed by atoms with Gasteiger partial charge in [-0.05, 0) is 32.1 Å². The molecule has 0 radical (unpaired) electrons. The topological polar surface area (TPSA) is 108 Å². The number of likely N-dealkylation sites (N-methyl/N-ethyl adjacent to an activating group) is 1. The van der Waals surface area contributed by atoms with E-state index in [2.05, 4.69) is 31.3 Å². The standard InChI is InChI=1S/C30H61N2O6P/c1-6-8-10-12-14-15-16-17-18-20-22-24-30(34)31-28(29(33)23-21-19-13-11-9-7-2)27-38-39(35,36)37-26-25-32(3,4)5/h12,14,28-29,33H,6-11,13,15-27H2,1-5H3,(H-,31,34,35,36)/b14-12-. The Labute approximate surface area is 240 Å². The summed E-state index contributed by atoms with van der Waals surface area (Å²) in [7, 11) is 1.29. The van der Waals surface area contributed by atoms with Crippen molar-refractivity contribution >= 4 is 13.7 Å². The predicted molar refractivity (Wildman–Crippen MR) is 159 cm³/mol. The first-order valence-corrected chi connectivity index (χ1v) is 17.0. The number of carbonyl (C=O) groups excluding carboxylic acids is 1. The van der Waals surface area contributed by atoms with Gasteiger partial charge in [0.25, 0.3) is 7.82 Å². The van der Waals surface area contributed by atoms with Crippen LogP contribution in [0.1, 0.15) is 123 Å². The molecule has 9 heteroatoms. The Bertz CT molecular complexity index is 668. The van der Waals surface area contributed by atoms with Crippen LogP contribution in [-0.2, 0) is 18.4 Å². The third-order valence-electron chi connectivity index (χ3n) is 6.75. The molecule has 3 unspecified atom stereocenters. The van der Waals surface area contributed by atoms with Gasteiger partial charge >= 0.3 is 0 Å². The van der Waals surface area contributed by atoms with E-state index in [0.717, 1.165) is 51.4 Å². The highest BCUT2D eigenvalue weighted by molar-refractivity contribution is 7.45. The molecule has 0 aromatic heterocycles. The van der Waals surface area contributed by atoms with Gasteiger partial charge in [0.2, 0.25) is 5.91 Å². The molecule has 0 aromatic rings. The number of aliphatic hydroxyl groups is 1. The van der Waals surface area contributed by atoms with E-state index in [1.165, 1.54) is 44.9 Å². The van der Waals surface area contributed by atoms with E-state index in [0.29, 0.717) is 23.9 Å². The predicted octanol–water partition coefficient (Wildman–Crippen LogP) is 6.27. The number of quaternary nitrogens is 1. The number of unbranched alkanes of at least 4 members (excludes halogenated alkanes) is 12. The van der Waals surface area contributed by atoms with Crippen molar-refractivity contribution in [1.29, 1.82) is 0 Å². The molecule has 0 aromatic carbocycles. The Morgan fingerprint density at radius 1 is 0.872 bits per heavy atom. The monoisotopic (exact) mass is 576 g/mol. The van der Waals surface area contributed by atoms with Gasteiger partial charge in [-0.3, -0.25) is 9.36 Å². The fraction of sp³-hybridized carbons (Fsp3) is 0.900. The quantitative estimate of drug-likeness (QED) is 0.0517. The number of rotatable bonds is 27. The van der Waals surface area contributed by atoms with Crippen LogP contribution < -0.4 is 10.2 Å². The Balaban J connectivity index is 4.54. The van der Waals surface area contributed by atoms with Crippen molar-refractivity contribution in [1.82, 2.24) is 5.32 Å². The molecule has 0 heterocycles. The first kappa shape index (κ1) is 38.2. The molecule has 0 fully saturated rings. The molecule has 0 saturated carbocycles. The number of carbonyl (C=O) groups is 1. The van der Waals surface area contributed by atoms with Crippen LogP contribution in [0.25, 0.3) is 0 Å². The van der Waals surface area contributed by atoms with Crippen LogP contribution in [0.5, 0.6) is 0 Å². The summed E-state index contributed by atoms with van der Waals surface area (Å²) < 4.78 is 22.9. The summed E-state index contributed by atoms with van der Waals surface area (Å²) in [5, 5.41) is 13.6. The van der Waals surface area contributed by atoms with Crippen LogP contribution in [-0.4, -0.2) is 68.5 Å². The molecule has 2 N–H and O–H groups in total. The lowest BCUT2D eigenvalue weighted by molar-refractivity contribution is -0.870. The highest BCUT2D eigenvalue weighted by Gasteiger charge is 2.24. The molecule has 3 atom stereocenters. The minimum Gasteiger partial charge on any atom is -0.756 e. The summed E-state index contributed by atoms with van der Waals surface area (Å²) in [6.45, 7) is 4.56. The second-order valence-electron chi connectivity index (χ2n) is 11.8. The summed E-state index contributed by atoms with van der Waals surface area (Å²) in [5.41, 5.74) is 0. The number of amides is 1. The summed E-state index contributed by atoms with van der Waals surface area (Å²) in [5.74, 6) is -0.184. The molecule has 0 spiro atoms. The Kier molecular flexibility index (Phi) is 23.4. The van der Waals surface area contributed by atoms with Gasteiger partial charge in [0, 0.05) is 6.42 Å². The van der Waals surface area contributed by atoms with Crippen LogP contribution >= 0.6 is 7.82 Å². The molecule has 0 aliphatic rings. The first-order valence-electron chi connectivity index (χ1n) is 15.5. The molecule has 1 amide bonds. The zero-order valence-corrected chi connectivity index (χ0v) is 26.7. The van der Waals surface area contributed by atoms with Crippen LogP contribution in [0.3, 0.4) is 0 Å². The Morgan fingerprint density at radius 2 is 1.44 bits per heavy atom. The molecular formula is C30H61N2O6P. The largest absolute Gasteiger partial charge is 0.756 e. The van der Waals surface area contributed by atoms with Crippen molar-refractivity contribution in [3.63, 3.8) is 0 Å². The van der Waals surface area contributed by atoms with Gasteiger partial charge in [-0.2, -0.15) is 0 Å². The van der Waals surface area contributed by atoms with Crippen molar-refractivity contribution in [2.24, 2.45) is 0 Å². The second kappa shape index (κ2) is 23.9. The average molecular weight is 577 g/mol. The fourth-order valence-corrected chi connectivity index (χ4v) is 4.86. The number of allylic oxidation sites excluding steroid dienone is 2. The van der Waals surface area contributed by atoms with E-state index in [1.54, 1.807) is 0 Å². The van der Waals surface area contributed by atoms with Crippen molar-refractivity contribution in [3.05, 3.63) is 12.2 Å². The fourth-order valence-electron chi connectivity index (χ4n) is 4.13. The van der Waals surface area contributed by atoms with Gasteiger partial charge in [-0.25, -0.2) is 0 Å². The van der Waals surface area contributed by atoms with E-state index < -0.39 is 20.0 Å². The number of aliphatic hydroxyl groups excluding tert-OH is 1. The van der Waals surface area contributed by atoms with Gasteiger partial charge in [0.1, 0.15) is 13.2 Å². The van der Waals surface area contributed by atoms with Crippen LogP contribution in [0.4, 0.5) is 0 Å². The molecule has 232 valence electrons. The number of nitrogens with zero attached hydrogens (tertiary/aromatic N) is 1. The smallest absolute Gasteiger partial charge is 0.268 e. The minimum atomic E-state index is -4.54. The Hall–Kier alpha value is -0.760. The number of phosphoric ester groups is 1. The molecule has 0 aliphatic carbocycles. The molecular weight excluding hydrogens is 515 g/mol. The van der Waals surface area contributed by atoms with Crippen molar-refractivity contribution in [2.45, 2.75) is 135 Å². The first-order chi connectivity index (χ1) is 18.5. The van der Waals surface area contributed by atoms with E-state index in [1.807, 2.05) is 21.1 Å². The van der Waals surface area contributed by atoms with E-state index in [-0.39, 0.29) is 19.1 Å². The maximum Gasteiger partial charge on any atom is 0.268 e. The molecule has 0 rings (SSSR count). The number of hydrogen-bond donors (Lipinski definition) is 2. The minimum absolute atomic E-state index is 0.0107.